The van der Waals surface area contributed by atoms with E-state index in [2.05, 4.69) is 16.2 Å². The number of nitrogens with zero attached hydrogens (tertiary/aromatic N) is 2. The molecular formula is C16H19N3O2. The van der Waals surface area contributed by atoms with E-state index >= 15 is 0 Å². The highest BCUT2D eigenvalue weighted by molar-refractivity contribution is 5.97. The fourth-order valence-corrected chi connectivity index (χ4v) is 2.08. The molecule has 0 aliphatic carbocycles. The number of ether oxygens (including phenoxy) is 1. The van der Waals surface area contributed by atoms with Gasteiger partial charge in [0.2, 0.25) is 5.88 Å². The SMILES string of the molecule is Cc1cc(/C(N)=N/O)cc(Oc2c(C)ccc(C)c2C)n1. The third-order valence-corrected chi connectivity index (χ3v) is 3.41. The number of rotatable bonds is 3. The van der Waals surface area contributed by atoms with Gasteiger partial charge in [0.1, 0.15) is 5.75 Å². The van der Waals surface area contributed by atoms with E-state index in [-0.39, 0.29) is 5.84 Å². The zero-order valence-corrected chi connectivity index (χ0v) is 12.6. The lowest BCUT2D eigenvalue weighted by molar-refractivity contribution is 0.318. The summed E-state index contributed by atoms with van der Waals surface area (Å²) in [5, 5.41) is 11.8. The molecule has 0 aliphatic heterocycles. The quantitative estimate of drug-likeness (QED) is 0.393. The molecule has 0 radical (unpaired) electrons. The molecule has 0 amide bonds. The lowest BCUT2D eigenvalue weighted by Crippen LogP contribution is -2.13. The first-order valence-corrected chi connectivity index (χ1v) is 6.63. The molecule has 2 aromatic rings. The van der Waals surface area contributed by atoms with Gasteiger partial charge >= 0.3 is 0 Å². The van der Waals surface area contributed by atoms with Gasteiger partial charge in [-0.25, -0.2) is 4.98 Å². The van der Waals surface area contributed by atoms with Gasteiger partial charge in [-0.05, 0) is 50.5 Å². The van der Waals surface area contributed by atoms with Gasteiger partial charge in [0, 0.05) is 17.3 Å². The maximum absolute atomic E-state index is 8.79. The minimum Gasteiger partial charge on any atom is -0.438 e. The van der Waals surface area contributed by atoms with Crippen LogP contribution in [0.5, 0.6) is 11.6 Å². The monoisotopic (exact) mass is 285 g/mol. The molecule has 0 atom stereocenters. The summed E-state index contributed by atoms with van der Waals surface area (Å²) < 4.78 is 5.93. The van der Waals surface area contributed by atoms with Crippen LogP contribution in [0.2, 0.25) is 0 Å². The number of nitrogens with two attached hydrogens (primary N) is 1. The molecule has 0 spiro atoms. The molecule has 0 fully saturated rings. The Kier molecular flexibility index (Phi) is 4.12. The van der Waals surface area contributed by atoms with Crippen molar-refractivity contribution in [1.29, 1.82) is 0 Å². The van der Waals surface area contributed by atoms with Gasteiger partial charge in [-0.2, -0.15) is 0 Å². The second-order valence-electron chi connectivity index (χ2n) is 5.08. The number of aromatic nitrogens is 1. The third-order valence-electron chi connectivity index (χ3n) is 3.41. The standard InChI is InChI=1S/C16H19N3O2/c1-9-5-6-10(2)15(12(9)4)21-14-8-13(16(17)19-20)7-11(3)18-14/h5-8,20H,1-4H3,(H2,17,19). The lowest BCUT2D eigenvalue weighted by Gasteiger charge is -2.14. The summed E-state index contributed by atoms with van der Waals surface area (Å²) in [6.45, 7) is 7.87. The van der Waals surface area contributed by atoms with E-state index in [4.69, 9.17) is 15.7 Å². The number of benzene rings is 1. The molecule has 1 aromatic carbocycles. The first-order chi connectivity index (χ1) is 9.92. The van der Waals surface area contributed by atoms with E-state index in [1.54, 1.807) is 12.1 Å². The van der Waals surface area contributed by atoms with Crippen molar-refractivity contribution >= 4 is 5.84 Å². The van der Waals surface area contributed by atoms with Crippen LogP contribution in [-0.2, 0) is 0 Å². The van der Waals surface area contributed by atoms with E-state index < -0.39 is 0 Å². The van der Waals surface area contributed by atoms with Crippen LogP contribution in [0.25, 0.3) is 0 Å². The normalized spacial score (nSPS) is 11.5. The number of pyridine rings is 1. The molecular weight excluding hydrogens is 266 g/mol. The summed E-state index contributed by atoms with van der Waals surface area (Å²) >= 11 is 0. The van der Waals surface area contributed by atoms with E-state index in [9.17, 15) is 0 Å². The largest absolute Gasteiger partial charge is 0.438 e. The van der Waals surface area contributed by atoms with E-state index in [1.165, 1.54) is 0 Å². The van der Waals surface area contributed by atoms with Crippen LogP contribution in [0.1, 0.15) is 27.9 Å². The van der Waals surface area contributed by atoms with Gasteiger partial charge in [-0.1, -0.05) is 17.3 Å². The number of hydrogen-bond donors (Lipinski definition) is 2. The summed E-state index contributed by atoms with van der Waals surface area (Å²) in [6.07, 6.45) is 0. The van der Waals surface area contributed by atoms with Crippen molar-refractivity contribution in [1.82, 2.24) is 4.98 Å². The van der Waals surface area contributed by atoms with E-state index in [0.29, 0.717) is 11.4 Å². The Morgan fingerprint density at radius 2 is 1.81 bits per heavy atom. The van der Waals surface area contributed by atoms with Crippen molar-refractivity contribution in [3.05, 3.63) is 52.2 Å². The molecule has 1 aromatic heterocycles. The van der Waals surface area contributed by atoms with Gasteiger partial charge in [0.25, 0.3) is 0 Å². The maximum atomic E-state index is 8.79. The number of hydrogen-bond acceptors (Lipinski definition) is 4. The van der Waals surface area contributed by atoms with Crippen molar-refractivity contribution in [2.24, 2.45) is 10.9 Å². The fraction of sp³-hybridized carbons (Fsp3) is 0.250. The molecule has 0 aliphatic rings. The molecule has 110 valence electrons. The Hall–Kier alpha value is -2.56. The Balaban J connectivity index is 2.45. The Morgan fingerprint density at radius 3 is 2.48 bits per heavy atom. The van der Waals surface area contributed by atoms with Crippen molar-refractivity contribution < 1.29 is 9.94 Å². The Labute approximate surface area is 124 Å². The van der Waals surface area contributed by atoms with Gasteiger partial charge in [0.05, 0.1) is 0 Å². The predicted octanol–water partition coefficient (Wildman–Crippen LogP) is 3.20. The average molecular weight is 285 g/mol. The van der Waals surface area contributed by atoms with Crippen molar-refractivity contribution in [3.8, 4) is 11.6 Å². The van der Waals surface area contributed by atoms with Crippen LogP contribution in [-0.4, -0.2) is 16.0 Å². The van der Waals surface area contributed by atoms with Gasteiger partial charge < -0.3 is 15.7 Å². The minimum atomic E-state index is 0.0306. The minimum absolute atomic E-state index is 0.0306. The summed E-state index contributed by atoms with van der Waals surface area (Å²) in [6, 6.07) is 7.46. The smallest absolute Gasteiger partial charge is 0.220 e. The third kappa shape index (κ3) is 3.13. The average Bonchev–Trinajstić information content (AvgIpc) is 2.46. The van der Waals surface area contributed by atoms with Crippen LogP contribution in [0.15, 0.2) is 29.4 Å². The molecule has 21 heavy (non-hydrogen) atoms. The second kappa shape index (κ2) is 5.83. The highest BCUT2D eigenvalue weighted by Crippen LogP contribution is 2.30. The van der Waals surface area contributed by atoms with E-state index in [1.807, 2.05) is 33.8 Å². The summed E-state index contributed by atoms with van der Waals surface area (Å²) in [5.41, 5.74) is 10.2. The molecule has 5 heteroatoms. The van der Waals surface area contributed by atoms with Crippen LogP contribution in [0, 0.1) is 27.7 Å². The fourth-order valence-electron chi connectivity index (χ4n) is 2.08. The molecule has 0 bridgehead atoms. The highest BCUT2D eigenvalue weighted by atomic mass is 16.5. The van der Waals surface area contributed by atoms with Gasteiger partial charge in [-0.3, -0.25) is 0 Å². The first kappa shape index (κ1) is 14.8. The number of amidine groups is 1. The van der Waals surface area contributed by atoms with Crippen molar-refractivity contribution in [2.45, 2.75) is 27.7 Å². The molecule has 2 rings (SSSR count). The molecule has 0 saturated carbocycles. The summed E-state index contributed by atoms with van der Waals surface area (Å²) in [7, 11) is 0. The molecule has 0 saturated heterocycles. The van der Waals surface area contributed by atoms with Crippen LogP contribution >= 0.6 is 0 Å². The first-order valence-electron chi connectivity index (χ1n) is 6.63. The van der Waals surface area contributed by atoms with Crippen LogP contribution in [0.4, 0.5) is 0 Å². The predicted molar refractivity (Wildman–Crippen MR) is 82.2 cm³/mol. The summed E-state index contributed by atoms with van der Waals surface area (Å²) in [4.78, 5) is 4.34. The number of oxime groups is 1. The lowest BCUT2D eigenvalue weighted by atomic mass is 10.1. The summed E-state index contributed by atoms with van der Waals surface area (Å²) in [5.74, 6) is 1.25. The van der Waals surface area contributed by atoms with Crippen LogP contribution in [0.3, 0.4) is 0 Å². The molecule has 1 heterocycles. The van der Waals surface area contributed by atoms with E-state index in [0.717, 1.165) is 28.1 Å². The Bertz CT molecular complexity index is 709. The van der Waals surface area contributed by atoms with Gasteiger partial charge in [-0.15, -0.1) is 0 Å². The van der Waals surface area contributed by atoms with Crippen LogP contribution < -0.4 is 10.5 Å². The molecule has 3 N–H and O–H groups in total. The molecule has 0 unspecified atom stereocenters. The zero-order chi connectivity index (χ0) is 15.6. The maximum Gasteiger partial charge on any atom is 0.220 e. The highest BCUT2D eigenvalue weighted by Gasteiger charge is 2.11. The van der Waals surface area contributed by atoms with Gasteiger partial charge in [0.15, 0.2) is 5.84 Å². The Morgan fingerprint density at radius 1 is 1.14 bits per heavy atom. The number of aryl methyl sites for hydroxylation is 3. The molecule has 5 nitrogen and oxygen atoms in total. The van der Waals surface area contributed by atoms with Crippen molar-refractivity contribution in [2.75, 3.05) is 0 Å². The zero-order valence-electron chi connectivity index (χ0n) is 12.6. The second-order valence-corrected chi connectivity index (χ2v) is 5.08. The topological polar surface area (TPSA) is 80.7 Å². The van der Waals surface area contributed by atoms with Crippen molar-refractivity contribution in [3.63, 3.8) is 0 Å².